The van der Waals surface area contributed by atoms with Crippen LogP contribution in [-0.2, 0) is 36.4 Å². The molecule has 6 atom stereocenters. The first-order valence-electron chi connectivity index (χ1n) is 23.7. The number of aliphatic hydroxyl groups is 1. The van der Waals surface area contributed by atoms with E-state index in [2.05, 4.69) is 60.9 Å². The van der Waals surface area contributed by atoms with E-state index in [9.17, 15) is 68.1 Å². The van der Waals surface area contributed by atoms with Gasteiger partial charge in [-0.3, -0.25) is 33.6 Å². The molecule has 0 saturated carbocycles. The fraction of sp³-hybridized carbons (Fsp3) is 0.277. The number of ether oxygens (including phenoxy) is 1. The molecular weight excluding hydrogens is 1120 g/mol. The van der Waals surface area contributed by atoms with Crippen molar-refractivity contribution in [2.45, 2.75) is 63.5 Å². The van der Waals surface area contributed by atoms with Crippen LogP contribution in [0.5, 0.6) is 5.75 Å². The number of amides is 2. The molecule has 80 heavy (non-hydrogen) atoms. The smallest absolute Gasteiger partial charge is 0.490 e. The first kappa shape index (κ1) is 58.3. The molecule has 5 aromatic rings. The minimum absolute atomic E-state index is 0.0401. The molecule has 33 heteroatoms. The van der Waals surface area contributed by atoms with Gasteiger partial charge in [0.25, 0.3) is 11.6 Å². The number of aliphatic hydroxyl groups excluding tert-OH is 1. The number of benzene rings is 3. The van der Waals surface area contributed by atoms with Crippen LogP contribution in [0, 0.1) is 22.0 Å². The molecule has 0 spiro atoms. The number of phosphoric acid groups is 3. The van der Waals surface area contributed by atoms with Crippen LogP contribution in [0.2, 0.25) is 0 Å². The summed E-state index contributed by atoms with van der Waals surface area (Å²) >= 11 is 0. The first-order valence-corrected chi connectivity index (χ1v) is 28.2. The Hall–Kier alpha value is -7.87. The third-order valence-corrected chi connectivity index (χ3v) is 15.8. The fourth-order valence-electron chi connectivity index (χ4n) is 8.46. The van der Waals surface area contributed by atoms with E-state index in [1.807, 2.05) is 0 Å². The number of pyridine rings is 1. The van der Waals surface area contributed by atoms with Crippen molar-refractivity contribution in [2.24, 2.45) is 0 Å². The maximum absolute atomic E-state index is 13.3. The predicted octanol–water partition coefficient (Wildman–Crippen LogP) is 5.03. The molecule has 30 nitrogen and oxygen atoms in total. The number of hydrogen-bond acceptors (Lipinski definition) is 21. The number of nitrogens with one attached hydrogen (secondary N) is 3. The molecule has 8 rings (SSSR count). The van der Waals surface area contributed by atoms with Crippen molar-refractivity contribution in [3.8, 4) is 40.0 Å². The van der Waals surface area contributed by atoms with Crippen LogP contribution in [0.3, 0.4) is 0 Å². The SMILES string of the molecule is C[C@H](Nc1ncnc2c1ncn2[C@H]1CC(O)[C@@H](COP(=O)(O)OP(=O)(O)OP(=O)(O)O)O1)c1cnc(C#CCNC(=O)CCCCCNC(=O)c2ccc(C(=O)O)c(-c3c4ccc(=O)cc-4oc4cc(O)ccc34)c2)cc1[N+](=O)[O-]. The summed E-state index contributed by atoms with van der Waals surface area (Å²) in [6, 6.07) is 12.9. The maximum atomic E-state index is 13.3. The van der Waals surface area contributed by atoms with Crippen molar-refractivity contribution in [3.63, 3.8) is 0 Å². The summed E-state index contributed by atoms with van der Waals surface area (Å²) in [6.45, 7) is 0.832. The van der Waals surface area contributed by atoms with Crippen LogP contribution in [0.4, 0.5) is 11.5 Å². The van der Waals surface area contributed by atoms with Gasteiger partial charge in [0.1, 0.15) is 41.4 Å². The number of carboxylic acid groups (broad SMARTS) is 1. The number of carbonyl (C=O) groups is 3. The zero-order valence-electron chi connectivity index (χ0n) is 41.3. The average molecular weight is 1170 g/mol. The first-order chi connectivity index (χ1) is 37.8. The monoisotopic (exact) mass is 1170 g/mol. The van der Waals surface area contributed by atoms with Gasteiger partial charge in [-0.25, -0.2) is 38.4 Å². The maximum Gasteiger partial charge on any atom is 0.490 e. The summed E-state index contributed by atoms with van der Waals surface area (Å²) in [5.74, 6) is 3.54. The third kappa shape index (κ3) is 14.3. The zero-order valence-corrected chi connectivity index (χ0v) is 44.0. The number of aromatic carboxylic acids is 1. The number of phenolic OH excluding ortho intramolecular Hbond substituents is 1. The standard InChI is InChI=1S/C47H46N9O21P3/c1-25(54-44-43-45(52-23-51-44)55(24-53-43)41-20-36(59)39(75-41)22-73-79(69,70)77-80(71,72)76-78(66,67)68)34-21-50-27(17-35(34)56(64)65)6-5-15-48-40(60)7-3-2-4-14-49-46(61)26-8-11-30(47(62)63)33(16-26)42-31-12-9-28(57)18-37(31)74-38-19-29(58)10-13-32(38)42/h8-13,16-19,21,23-25,36,39,41,57,59H,2-4,7,14-15,20,22H2,1H3,(H,48,60)(H,49,61)(H,62,63)(H,69,70)(H,71,72)(H,51,52,54)(H2,66,67,68)/t25-,36?,39+,41+/m0/s1. The fourth-order valence-corrected chi connectivity index (χ4v) is 11.5. The second-order valence-electron chi connectivity index (χ2n) is 17.6. The number of aromatic nitrogens is 5. The Labute approximate surface area is 449 Å². The van der Waals surface area contributed by atoms with E-state index in [0.717, 1.165) is 6.33 Å². The number of imidazole rings is 1. The van der Waals surface area contributed by atoms with Crippen molar-refractivity contribution in [3.05, 3.63) is 122 Å². The summed E-state index contributed by atoms with van der Waals surface area (Å²) in [6.07, 6.45) is 1.48. The molecule has 2 aliphatic heterocycles. The second kappa shape index (κ2) is 24.2. The number of hydrogen-bond donors (Lipinski definition) is 10. The van der Waals surface area contributed by atoms with Gasteiger partial charge in [0.15, 0.2) is 22.4 Å². The van der Waals surface area contributed by atoms with E-state index in [4.69, 9.17) is 18.9 Å². The molecule has 0 bridgehead atoms. The molecule has 3 aromatic heterocycles. The van der Waals surface area contributed by atoms with Crippen molar-refractivity contribution in [1.29, 1.82) is 0 Å². The number of carboxylic acids is 1. The predicted molar refractivity (Wildman–Crippen MR) is 276 cm³/mol. The summed E-state index contributed by atoms with van der Waals surface area (Å²) < 4.78 is 59.7. The van der Waals surface area contributed by atoms with Crippen LogP contribution in [0.1, 0.15) is 83.3 Å². The number of fused-ring (bicyclic) bond motifs is 3. The van der Waals surface area contributed by atoms with E-state index in [-0.39, 0.29) is 105 Å². The average Bonchev–Trinajstić information content (AvgIpc) is 4.09. The summed E-state index contributed by atoms with van der Waals surface area (Å²) in [4.78, 5) is 116. The lowest BCUT2D eigenvalue weighted by molar-refractivity contribution is -0.385. The highest BCUT2D eigenvalue weighted by Crippen LogP contribution is 2.66. The van der Waals surface area contributed by atoms with E-state index < -0.39 is 71.4 Å². The van der Waals surface area contributed by atoms with Gasteiger partial charge in [-0.05, 0) is 73.7 Å². The van der Waals surface area contributed by atoms with Crippen LogP contribution < -0.4 is 21.4 Å². The van der Waals surface area contributed by atoms with Crippen LogP contribution in [-0.4, -0.2) is 114 Å². The molecule has 420 valence electrons. The molecule has 2 amide bonds. The van der Waals surface area contributed by atoms with Crippen molar-refractivity contribution in [2.75, 3.05) is 25.0 Å². The van der Waals surface area contributed by atoms with E-state index >= 15 is 0 Å². The lowest BCUT2D eigenvalue weighted by atomic mass is 9.89. The molecule has 1 fully saturated rings. The molecule has 5 heterocycles. The van der Waals surface area contributed by atoms with E-state index in [0.29, 0.717) is 35.8 Å². The number of anilines is 1. The normalized spacial score (nSPS) is 17.2. The topological polar surface area (TPSA) is 447 Å². The van der Waals surface area contributed by atoms with Gasteiger partial charge in [0.2, 0.25) is 5.91 Å². The lowest BCUT2D eigenvalue weighted by Crippen LogP contribution is -2.26. The van der Waals surface area contributed by atoms with Gasteiger partial charge in [-0.15, -0.1) is 0 Å². The summed E-state index contributed by atoms with van der Waals surface area (Å²) in [5, 5.41) is 52.0. The van der Waals surface area contributed by atoms with Crippen LogP contribution >= 0.6 is 23.5 Å². The molecular formula is C47H46N9O21P3. The quantitative estimate of drug-likeness (QED) is 0.0106. The Morgan fingerprint density at radius 3 is 2.48 bits per heavy atom. The Bertz CT molecular complexity index is 3800. The van der Waals surface area contributed by atoms with Crippen LogP contribution in [0.15, 0.2) is 88.7 Å². The van der Waals surface area contributed by atoms with Crippen molar-refractivity contribution < 1.29 is 90.2 Å². The number of carbonyl (C=O) groups excluding carboxylic acids is 2. The van der Waals surface area contributed by atoms with Gasteiger partial charge in [-0.2, -0.15) is 8.62 Å². The zero-order chi connectivity index (χ0) is 57.7. The Balaban J connectivity index is 0.802. The molecule has 3 unspecified atom stereocenters. The highest BCUT2D eigenvalue weighted by Gasteiger charge is 2.43. The molecule has 2 aromatic carbocycles. The van der Waals surface area contributed by atoms with E-state index in [1.54, 1.807) is 13.0 Å². The number of phenols is 1. The lowest BCUT2D eigenvalue weighted by Gasteiger charge is -2.19. The van der Waals surface area contributed by atoms with Crippen LogP contribution in [0.25, 0.3) is 44.6 Å². The molecule has 3 aliphatic rings. The molecule has 0 radical (unpaired) electrons. The molecule has 1 saturated heterocycles. The minimum Gasteiger partial charge on any atom is -0.508 e. The minimum atomic E-state index is -5.78. The van der Waals surface area contributed by atoms with Crippen molar-refractivity contribution in [1.82, 2.24) is 35.1 Å². The summed E-state index contributed by atoms with van der Waals surface area (Å²) in [7, 11) is -16.9. The van der Waals surface area contributed by atoms with Gasteiger partial charge in [0, 0.05) is 59.8 Å². The highest BCUT2D eigenvalue weighted by atomic mass is 31.3. The van der Waals surface area contributed by atoms with Gasteiger partial charge >= 0.3 is 29.4 Å². The number of phosphoric ester groups is 1. The van der Waals surface area contributed by atoms with E-state index in [1.165, 1.54) is 71.7 Å². The van der Waals surface area contributed by atoms with Gasteiger partial charge < -0.3 is 60.0 Å². The number of aromatic hydroxyl groups is 1. The second-order valence-corrected chi connectivity index (χ2v) is 22.1. The summed E-state index contributed by atoms with van der Waals surface area (Å²) in [5.41, 5.74) is 1.05. The number of nitrogens with zero attached hydrogens (tertiary/aromatic N) is 6. The molecule has 1 aliphatic carbocycles. The Morgan fingerprint density at radius 1 is 0.938 bits per heavy atom. The number of unbranched alkanes of at least 4 members (excludes halogenated alkanes) is 2. The molecule has 10 N–H and O–H groups in total. The van der Waals surface area contributed by atoms with Crippen molar-refractivity contribution >= 4 is 74.9 Å². The third-order valence-electron chi connectivity index (χ3n) is 12.0. The highest BCUT2D eigenvalue weighted by molar-refractivity contribution is 7.66. The van der Waals surface area contributed by atoms with Gasteiger partial charge in [0.05, 0.1) is 53.7 Å². The Morgan fingerprint density at radius 2 is 1.73 bits per heavy atom. The number of rotatable bonds is 22. The largest absolute Gasteiger partial charge is 0.508 e. The Kier molecular flexibility index (Phi) is 17.7. The van der Waals surface area contributed by atoms with Gasteiger partial charge in [-0.1, -0.05) is 12.3 Å². The number of nitro groups is 1.